The van der Waals surface area contributed by atoms with E-state index in [1.54, 1.807) is 12.3 Å². The molecule has 1 heterocycles. The van der Waals surface area contributed by atoms with Crippen LogP contribution in [0.1, 0.15) is 52.8 Å². The Balaban J connectivity index is 3.16. The van der Waals surface area contributed by atoms with Crippen molar-refractivity contribution in [3.8, 4) is 0 Å². The van der Waals surface area contributed by atoms with Crippen LogP contribution in [0.5, 0.6) is 0 Å². The number of hydrogen-bond donors (Lipinski definition) is 2. The van der Waals surface area contributed by atoms with Gasteiger partial charge in [0.2, 0.25) is 10.0 Å². The monoisotopic (exact) mass is 301 g/mol. The fraction of sp³-hybridized carbons (Fsp3) is 0.714. The molecule has 116 valence electrons. The van der Waals surface area contributed by atoms with E-state index < -0.39 is 15.6 Å². The quantitative estimate of drug-likeness (QED) is 0.812. The molecule has 2 N–H and O–H groups in total. The van der Waals surface area contributed by atoms with Gasteiger partial charge in [-0.2, -0.15) is 0 Å². The maximum atomic E-state index is 12.5. The number of nitrogens with one attached hydrogen (secondary N) is 2. The Kier molecular flexibility index (Phi) is 5.40. The second-order valence-electron chi connectivity index (χ2n) is 6.04. The number of aromatic nitrogens is 1. The molecular formula is C14H27N3O2S. The number of rotatable bonds is 7. The SMILES string of the molecule is CCC(C)(C)NS(=O)(=O)c1cc(CNC)n(C(C)C)c1. The molecule has 0 bridgehead atoms. The molecule has 6 heteroatoms. The Morgan fingerprint density at radius 3 is 2.40 bits per heavy atom. The maximum absolute atomic E-state index is 12.5. The van der Waals surface area contributed by atoms with E-state index >= 15 is 0 Å². The van der Waals surface area contributed by atoms with Gasteiger partial charge in [0.1, 0.15) is 0 Å². The molecular weight excluding hydrogens is 274 g/mol. The van der Waals surface area contributed by atoms with E-state index in [-0.39, 0.29) is 6.04 Å². The van der Waals surface area contributed by atoms with E-state index in [0.717, 1.165) is 12.1 Å². The Hall–Kier alpha value is -0.850. The summed E-state index contributed by atoms with van der Waals surface area (Å²) in [6.45, 7) is 10.5. The van der Waals surface area contributed by atoms with Crippen LogP contribution in [0.15, 0.2) is 17.2 Å². The first-order valence-corrected chi connectivity index (χ1v) is 8.50. The van der Waals surface area contributed by atoms with Crippen LogP contribution < -0.4 is 10.0 Å². The first kappa shape index (κ1) is 17.2. The van der Waals surface area contributed by atoms with Crippen molar-refractivity contribution in [2.75, 3.05) is 7.05 Å². The van der Waals surface area contributed by atoms with Crippen LogP contribution in [0.2, 0.25) is 0 Å². The van der Waals surface area contributed by atoms with E-state index in [9.17, 15) is 8.42 Å². The minimum absolute atomic E-state index is 0.224. The van der Waals surface area contributed by atoms with Crippen molar-refractivity contribution in [3.63, 3.8) is 0 Å². The van der Waals surface area contributed by atoms with E-state index in [2.05, 4.69) is 10.0 Å². The van der Waals surface area contributed by atoms with E-state index in [1.807, 2.05) is 46.2 Å². The molecule has 0 aliphatic carbocycles. The van der Waals surface area contributed by atoms with Crippen molar-refractivity contribution in [3.05, 3.63) is 18.0 Å². The van der Waals surface area contributed by atoms with Gasteiger partial charge < -0.3 is 9.88 Å². The summed E-state index contributed by atoms with van der Waals surface area (Å²) in [7, 11) is -1.63. The van der Waals surface area contributed by atoms with Gasteiger partial charge in [-0.1, -0.05) is 6.92 Å². The summed E-state index contributed by atoms with van der Waals surface area (Å²) in [5.74, 6) is 0. The Labute approximate surface area is 122 Å². The standard InChI is InChI=1S/C14H27N3O2S/c1-7-14(4,5)16-20(18,19)13-8-12(9-15-6)17(10-13)11(2)3/h8,10-11,15-16H,7,9H2,1-6H3. The fourth-order valence-electron chi connectivity index (χ4n) is 1.94. The lowest BCUT2D eigenvalue weighted by atomic mass is 10.0. The van der Waals surface area contributed by atoms with Crippen molar-refractivity contribution >= 4 is 10.0 Å². The Morgan fingerprint density at radius 1 is 1.35 bits per heavy atom. The van der Waals surface area contributed by atoms with Gasteiger partial charge in [-0.15, -0.1) is 0 Å². The third-order valence-electron chi connectivity index (χ3n) is 3.43. The molecule has 0 amide bonds. The highest BCUT2D eigenvalue weighted by molar-refractivity contribution is 7.89. The summed E-state index contributed by atoms with van der Waals surface area (Å²) in [4.78, 5) is 0.331. The molecule has 0 saturated heterocycles. The van der Waals surface area contributed by atoms with Gasteiger partial charge in [0.25, 0.3) is 0 Å². The molecule has 1 rings (SSSR count). The Bertz CT molecular complexity index is 545. The lowest BCUT2D eigenvalue weighted by molar-refractivity contribution is 0.439. The van der Waals surface area contributed by atoms with Gasteiger partial charge >= 0.3 is 0 Å². The number of sulfonamides is 1. The molecule has 20 heavy (non-hydrogen) atoms. The van der Waals surface area contributed by atoms with E-state index in [1.165, 1.54) is 0 Å². The predicted octanol–water partition coefficient (Wildman–Crippen LogP) is 2.26. The summed E-state index contributed by atoms with van der Waals surface area (Å²) in [5.41, 5.74) is 0.527. The van der Waals surface area contributed by atoms with Crippen molar-refractivity contribution in [2.24, 2.45) is 0 Å². The molecule has 0 aromatic carbocycles. The predicted molar refractivity (Wildman–Crippen MR) is 82.3 cm³/mol. The molecule has 0 atom stereocenters. The summed E-state index contributed by atoms with van der Waals surface area (Å²) in [6.07, 6.45) is 2.45. The molecule has 0 aliphatic heterocycles. The van der Waals surface area contributed by atoms with Gasteiger partial charge in [0.05, 0.1) is 4.90 Å². The summed E-state index contributed by atoms with van der Waals surface area (Å²) in [6, 6.07) is 1.96. The van der Waals surface area contributed by atoms with Crippen molar-refractivity contribution in [1.82, 2.24) is 14.6 Å². The van der Waals surface area contributed by atoms with Crippen molar-refractivity contribution in [1.29, 1.82) is 0 Å². The van der Waals surface area contributed by atoms with E-state index in [0.29, 0.717) is 11.4 Å². The highest BCUT2D eigenvalue weighted by atomic mass is 32.2. The highest BCUT2D eigenvalue weighted by Crippen LogP contribution is 2.21. The molecule has 1 aromatic heterocycles. The second-order valence-corrected chi connectivity index (χ2v) is 7.72. The zero-order valence-corrected chi connectivity index (χ0v) is 14.1. The molecule has 0 spiro atoms. The molecule has 0 aliphatic rings. The normalized spacial score (nSPS) is 13.2. The molecule has 0 unspecified atom stereocenters. The summed E-state index contributed by atoms with van der Waals surface area (Å²) >= 11 is 0. The van der Waals surface area contributed by atoms with Gasteiger partial charge in [0, 0.05) is 30.0 Å². The van der Waals surface area contributed by atoms with Crippen LogP contribution in [0.4, 0.5) is 0 Å². The molecule has 1 aromatic rings. The van der Waals surface area contributed by atoms with Crippen LogP contribution in [-0.2, 0) is 16.6 Å². The van der Waals surface area contributed by atoms with Crippen LogP contribution in [0.25, 0.3) is 0 Å². The fourth-order valence-corrected chi connectivity index (χ4v) is 3.48. The van der Waals surface area contributed by atoms with Gasteiger partial charge in [0.15, 0.2) is 0 Å². The van der Waals surface area contributed by atoms with Gasteiger partial charge in [-0.25, -0.2) is 13.1 Å². The minimum Gasteiger partial charge on any atom is -0.346 e. The molecule has 0 fully saturated rings. The zero-order valence-electron chi connectivity index (χ0n) is 13.3. The number of nitrogens with zero attached hydrogens (tertiary/aromatic N) is 1. The smallest absolute Gasteiger partial charge is 0.242 e. The first-order chi connectivity index (χ1) is 9.13. The molecule has 0 radical (unpaired) electrons. The highest BCUT2D eigenvalue weighted by Gasteiger charge is 2.26. The van der Waals surface area contributed by atoms with Crippen LogP contribution >= 0.6 is 0 Å². The zero-order chi connectivity index (χ0) is 15.6. The minimum atomic E-state index is -3.48. The maximum Gasteiger partial charge on any atom is 0.242 e. The van der Waals surface area contributed by atoms with Gasteiger partial charge in [-0.3, -0.25) is 0 Å². The Morgan fingerprint density at radius 2 is 1.95 bits per heavy atom. The number of hydrogen-bond acceptors (Lipinski definition) is 3. The lowest BCUT2D eigenvalue weighted by Crippen LogP contribution is -2.42. The lowest BCUT2D eigenvalue weighted by Gasteiger charge is -2.23. The van der Waals surface area contributed by atoms with Gasteiger partial charge in [-0.05, 0) is 47.2 Å². The largest absolute Gasteiger partial charge is 0.346 e. The topological polar surface area (TPSA) is 63.1 Å². The summed E-state index contributed by atoms with van der Waals surface area (Å²) in [5, 5.41) is 3.07. The molecule has 5 nitrogen and oxygen atoms in total. The van der Waals surface area contributed by atoms with Crippen molar-refractivity contribution in [2.45, 2.75) is 64.1 Å². The van der Waals surface area contributed by atoms with Crippen LogP contribution in [-0.4, -0.2) is 25.6 Å². The van der Waals surface area contributed by atoms with Crippen LogP contribution in [0.3, 0.4) is 0 Å². The summed E-state index contributed by atoms with van der Waals surface area (Å²) < 4.78 is 29.7. The average molecular weight is 301 g/mol. The second kappa shape index (κ2) is 6.28. The molecule has 0 saturated carbocycles. The first-order valence-electron chi connectivity index (χ1n) is 7.02. The third-order valence-corrected chi connectivity index (χ3v) is 5.09. The van der Waals surface area contributed by atoms with Crippen LogP contribution in [0, 0.1) is 0 Å². The third kappa shape index (κ3) is 4.07. The van der Waals surface area contributed by atoms with Crippen molar-refractivity contribution < 1.29 is 8.42 Å². The average Bonchev–Trinajstić information content (AvgIpc) is 2.73. The van der Waals surface area contributed by atoms with E-state index in [4.69, 9.17) is 0 Å².